The lowest BCUT2D eigenvalue weighted by atomic mass is 9.87. The normalized spacial score (nSPS) is 11.4. The molecule has 0 fully saturated rings. The summed E-state index contributed by atoms with van der Waals surface area (Å²) in [5.74, 6) is 0.855. The summed E-state index contributed by atoms with van der Waals surface area (Å²) in [6.45, 7) is 7.33. The average molecular weight is 290 g/mol. The van der Waals surface area contributed by atoms with E-state index in [4.69, 9.17) is 10.5 Å². The van der Waals surface area contributed by atoms with E-state index in [0.29, 0.717) is 6.54 Å². The Morgan fingerprint density at radius 1 is 1.25 bits per heavy atom. The number of nitrogen functional groups attached to an aromatic ring is 1. The molecule has 0 spiro atoms. The maximum Gasteiger partial charge on any atom is 0.141 e. The molecule has 0 saturated heterocycles. The van der Waals surface area contributed by atoms with Crippen LogP contribution in [0, 0.1) is 0 Å². The van der Waals surface area contributed by atoms with E-state index in [1.165, 1.54) is 5.56 Å². The molecular weight excluding hydrogens is 268 g/mol. The maximum atomic E-state index is 5.91. The van der Waals surface area contributed by atoms with E-state index in [9.17, 15) is 0 Å². The molecule has 20 heavy (non-hydrogen) atoms. The van der Waals surface area contributed by atoms with Gasteiger partial charge in [-0.05, 0) is 34.6 Å². The van der Waals surface area contributed by atoms with E-state index >= 15 is 0 Å². The van der Waals surface area contributed by atoms with Crippen LogP contribution < -0.4 is 15.8 Å². The maximum absolute atomic E-state index is 5.91. The molecule has 1 aromatic carbocycles. The van der Waals surface area contributed by atoms with E-state index in [1.54, 1.807) is 18.4 Å². The van der Waals surface area contributed by atoms with Crippen molar-refractivity contribution >= 4 is 22.7 Å². The van der Waals surface area contributed by atoms with E-state index in [-0.39, 0.29) is 5.41 Å². The van der Waals surface area contributed by atoms with Crippen molar-refractivity contribution in [2.45, 2.75) is 32.7 Å². The van der Waals surface area contributed by atoms with Crippen LogP contribution in [0.1, 0.15) is 31.2 Å². The zero-order valence-electron chi connectivity index (χ0n) is 12.5. The molecule has 3 N–H and O–H groups in total. The summed E-state index contributed by atoms with van der Waals surface area (Å²) < 4.78 is 5.42. The van der Waals surface area contributed by atoms with Crippen LogP contribution in [0.25, 0.3) is 0 Å². The van der Waals surface area contributed by atoms with Crippen LogP contribution >= 0.6 is 11.3 Å². The number of methoxy groups -OCH3 is 1. The predicted molar refractivity (Wildman–Crippen MR) is 87.8 cm³/mol. The fourth-order valence-electron chi connectivity index (χ4n) is 1.98. The van der Waals surface area contributed by atoms with Crippen molar-refractivity contribution in [3.8, 4) is 5.75 Å². The van der Waals surface area contributed by atoms with Crippen LogP contribution in [0.3, 0.4) is 0 Å². The number of ether oxygens (including phenoxy) is 1. The number of nitrogens with one attached hydrogen (secondary N) is 1. The fourth-order valence-corrected chi connectivity index (χ4v) is 2.72. The molecule has 0 bridgehead atoms. The van der Waals surface area contributed by atoms with Crippen LogP contribution in [0.4, 0.5) is 11.4 Å². The minimum absolute atomic E-state index is 0.116. The monoisotopic (exact) mass is 290 g/mol. The first-order valence-corrected chi connectivity index (χ1v) is 7.54. The summed E-state index contributed by atoms with van der Waals surface area (Å²) in [6.07, 6.45) is 0. The molecule has 3 nitrogen and oxygen atoms in total. The molecule has 4 heteroatoms. The van der Waals surface area contributed by atoms with Gasteiger partial charge in [0.2, 0.25) is 0 Å². The smallest absolute Gasteiger partial charge is 0.141 e. The van der Waals surface area contributed by atoms with Crippen molar-refractivity contribution in [2.24, 2.45) is 0 Å². The first kappa shape index (κ1) is 14.7. The lowest BCUT2D eigenvalue weighted by molar-refractivity contribution is 0.416. The molecule has 1 aromatic heterocycles. The van der Waals surface area contributed by atoms with Gasteiger partial charge in [0.1, 0.15) is 5.75 Å². The van der Waals surface area contributed by atoms with Gasteiger partial charge in [-0.2, -0.15) is 0 Å². The highest BCUT2D eigenvalue weighted by Crippen LogP contribution is 2.32. The lowest BCUT2D eigenvalue weighted by Crippen LogP contribution is -2.12. The fraction of sp³-hybridized carbons (Fsp3) is 0.375. The third-order valence-electron chi connectivity index (χ3n) is 3.28. The summed E-state index contributed by atoms with van der Waals surface area (Å²) in [5, 5.41) is 5.43. The van der Waals surface area contributed by atoms with Gasteiger partial charge in [-0.3, -0.25) is 0 Å². The Labute approximate surface area is 124 Å². The second-order valence-corrected chi connectivity index (χ2v) is 6.82. The van der Waals surface area contributed by atoms with Gasteiger partial charge in [-0.15, -0.1) is 11.3 Å². The minimum atomic E-state index is 0.116. The topological polar surface area (TPSA) is 47.3 Å². The van der Waals surface area contributed by atoms with Crippen LogP contribution in [-0.2, 0) is 12.0 Å². The standard InChI is InChI=1S/C16H22N2OS/c1-16(2,3)11-5-6-14(19-4)13(9-11)18-10-15-12(17)7-8-20-15/h5-9,18H,10,17H2,1-4H3. The zero-order chi connectivity index (χ0) is 14.8. The van der Waals surface area contributed by atoms with E-state index < -0.39 is 0 Å². The Bertz CT molecular complexity index is 584. The molecule has 0 saturated carbocycles. The van der Waals surface area contributed by atoms with Crippen molar-refractivity contribution in [3.63, 3.8) is 0 Å². The Balaban J connectivity index is 2.23. The first-order chi connectivity index (χ1) is 9.41. The summed E-state index contributed by atoms with van der Waals surface area (Å²) >= 11 is 1.66. The lowest BCUT2D eigenvalue weighted by Gasteiger charge is -2.21. The van der Waals surface area contributed by atoms with Crippen LogP contribution in [0.2, 0.25) is 0 Å². The summed E-state index contributed by atoms with van der Waals surface area (Å²) in [4.78, 5) is 1.15. The number of hydrogen-bond donors (Lipinski definition) is 2. The average Bonchev–Trinajstić information content (AvgIpc) is 2.80. The summed E-state index contributed by atoms with van der Waals surface area (Å²) in [7, 11) is 1.69. The van der Waals surface area contributed by atoms with Gasteiger partial charge in [-0.1, -0.05) is 26.8 Å². The molecule has 0 amide bonds. The number of rotatable bonds is 4. The Morgan fingerprint density at radius 3 is 2.55 bits per heavy atom. The molecule has 2 rings (SSSR count). The Hall–Kier alpha value is -1.68. The van der Waals surface area contributed by atoms with Gasteiger partial charge in [0, 0.05) is 10.6 Å². The highest BCUT2D eigenvalue weighted by molar-refractivity contribution is 7.10. The Kier molecular flexibility index (Phi) is 4.23. The van der Waals surface area contributed by atoms with Crippen LogP contribution in [0.5, 0.6) is 5.75 Å². The van der Waals surface area contributed by atoms with Crippen molar-refractivity contribution in [3.05, 3.63) is 40.1 Å². The number of hydrogen-bond acceptors (Lipinski definition) is 4. The third-order valence-corrected chi connectivity index (χ3v) is 4.22. The minimum Gasteiger partial charge on any atom is -0.495 e. The molecular formula is C16H22N2OS. The van der Waals surface area contributed by atoms with Crippen molar-refractivity contribution < 1.29 is 4.74 Å². The third kappa shape index (κ3) is 3.25. The van der Waals surface area contributed by atoms with E-state index in [2.05, 4.69) is 38.2 Å². The quantitative estimate of drug-likeness (QED) is 0.885. The molecule has 2 aromatic rings. The summed E-state index contributed by atoms with van der Waals surface area (Å²) in [6, 6.07) is 8.22. The van der Waals surface area contributed by atoms with Crippen LogP contribution in [0.15, 0.2) is 29.6 Å². The molecule has 0 atom stereocenters. The van der Waals surface area contributed by atoms with Gasteiger partial charge in [0.15, 0.2) is 0 Å². The van der Waals surface area contributed by atoms with E-state index in [1.807, 2.05) is 17.5 Å². The van der Waals surface area contributed by atoms with Crippen LogP contribution in [-0.4, -0.2) is 7.11 Å². The molecule has 108 valence electrons. The highest BCUT2D eigenvalue weighted by atomic mass is 32.1. The predicted octanol–water partition coefficient (Wildman–Crippen LogP) is 4.25. The molecule has 0 aliphatic rings. The van der Waals surface area contributed by atoms with E-state index in [0.717, 1.165) is 22.0 Å². The summed E-state index contributed by atoms with van der Waals surface area (Å²) in [5.41, 5.74) is 9.16. The number of benzene rings is 1. The molecule has 0 aliphatic carbocycles. The molecule has 1 heterocycles. The largest absolute Gasteiger partial charge is 0.495 e. The van der Waals surface area contributed by atoms with Gasteiger partial charge in [-0.25, -0.2) is 0 Å². The second kappa shape index (κ2) is 5.75. The van der Waals surface area contributed by atoms with Crippen molar-refractivity contribution in [2.75, 3.05) is 18.2 Å². The number of anilines is 2. The molecule has 0 aliphatic heterocycles. The first-order valence-electron chi connectivity index (χ1n) is 6.66. The SMILES string of the molecule is COc1ccc(C(C)(C)C)cc1NCc1sccc1N. The zero-order valence-corrected chi connectivity index (χ0v) is 13.3. The van der Waals surface area contributed by atoms with Crippen molar-refractivity contribution in [1.29, 1.82) is 0 Å². The second-order valence-electron chi connectivity index (χ2n) is 5.82. The number of thiophene rings is 1. The molecule has 0 unspecified atom stereocenters. The van der Waals surface area contributed by atoms with Gasteiger partial charge >= 0.3 is 0 Å². The van der Waals surface area contributed by atoms with Crippen molar-refractivity contribution in [1.82, 2.24) is 0 Å². The molecule has 0 radical (unpaired) electrons. The Morgan fingerprint density at radius 2 is 2.00 bits per heavy atom. The highest BCUT2D eigenvalue weighted by Gasteiger charge is 2.16. The van der Waals surface area contributed by atoms with Gasteiger partial charge in [0.05, 0.1) is 19.3 Å². The van der Waals surface area contributed by atoms with Gasteiger partial charge in [0.25, 0.3) is 0 Å². The number of nitrogens with two attached hydrogens (primary N) is 1. The van der Waals surface area contributed by atoms with Gasteiger partial charge < -0.3 is 15.8 Å².